The summed E-state index contributed by atoms with van der Waals surface area (Å²) in [6.07, 6.45) is 0.0361. The summed E-state index contributed by atoms with van der Waals surface area (Å²) in [6.45, 7) is 1.22. The van der Waals surface area contributed by atoms with E-state index in [0.717, 1.165) is 4.90 Å². The van der Waals surface area contributed by atoms with Gasteiger partial charge in [0.1, 0.15) is 0 Å². The average molecular weight is 468 g/mol. The van der Waals surface area contributed by atoms with Crippen LogP contribution in [0.25, 0.3) is 0 Å². The maximum atomic E-state index is 13.0. The Kier molecular flexibility index (Phi) is 5.87. The molecule has 0 spiro atoms. The van der Waals surface area contributed by atoms with E-state index in [1.54, 1.807) is 30.3 Å². The Morgan fingerprint density at radius 1 is 0.867 bits per heavy atom. The van der Waals surface area contributed by atoms with Gasteiger partial charge in [0, 0.05) is 36.2 Å². The van der Waals surface area contributed by atoms with Crippen molar-refractivity contribution in [2.45, 2.75) is 17.4 Å². The third kappa shape index (κ3) is 3.98. The summed E-state index contributed by atoms with van der Waals surface area (Å²) in [7, 11) is -3.58. The highest BCUT2D eigenvalue weighted by Gasteiger charge is 2.44. The van der Waals surface area contributed by atoms with Crippen LogP contribution in [0.4, 0.5) is 5.69 Å². The Balaban J connectivity index is 1.47. The summed E-state index contributed by atoms with van der Waals surface area (Å²) in [5.74, 6) is -0.680. The molecule has 30 heavy (non-hydrogen) atoms. The second kappa shape index (κ2) is 8.28. The van der Waals surface area contributed by atoms with Crippen molar-refractivity contribution in [1.29, 1.82) is 0 Å². The fourth-order valence-electron chi connectivity index (χ4n) is 3.84. The predicted octanol–water partition coefficient (Wildman–Crippen LogP) is 2.63. The van der Waals surface area contributed by atoms with E-state index in [4.69, 9.17) is 23.2 Å². The topological polar surface area (TPSA) is 78.0 Å². The predicted molar refractivity (Wildman–Crippen MR) is 114 cm³/mol. The van der Waals surface area contributed by atoms with Gasteiger partial charge in [-0.3, -0.25) is 14.5 Å². The number of anilines is 1. The highest BCUT2D eigenvalue weighted by atomic mass is 35.5. The van der Waals surface area contributed by atoms with Crippen LogP contribution in [0.3, 0.4) is 0 Å². The van der Waals surface area contributed by atoms with Crippen molar-refractivity contribution in [2.75, 3.05) is 31.1 Å². The van der Waals surface area contributed by atoms with Crippen LogP contribution in [0.5, 0.6) is 0 Å². The SMILES string of the molecule is O=C1CC(N2CCN(S(=O)(=O)c3ccccc3)CC2)C(=O)N1c1cc(Cl)cc(Cl)c1. The molecule has 2 heterocycles. The number of carbonyl (C=O) groups excluding carboxylic acids is 2. The van der Waals surface area contributed by atoms with Crippen molar-refractivity contribution < 1.29 is 18.0 Å². The normalized spacial score (nSPS) is 21.4. The Labute approximate surface area is 184 Å². The summed E-state index contributed by atoms with van der Waals surface area (Å²) in [5, 5.41) is 0.669. The zero-order valence-corrected chi connectivity index (χ0v) is 18.2. The largest absolute Gasteiger partial charge is 0.289 e. The molecule has 0 N–H and O–H groups in total. The van der Waals surface area contributed by atoms with Crippen molar-refractivity contribution in [2.24, 2.45) is 0 Å². The van der Waals surface area contributed by atoms with Crippen LogP contribution in [0.15, 0.2) is 53.4 Å². The molecule has 2 aliphatic rings. The van der Waals surface area contributed by atoms with E-state index >= 15 is 0 Å². The van der Waals surface area contributed by atoms with Crippen molar-refractivity contribution in [1.82, 2.24) is 9.21 Å². The Bertz CT molecular complexity index is 1070. The van der Waals surface area contributed by atoms with E-state index in [0.29, 0.717) is 28.8 Å². The standard InChI is InChI=1S/C20H19Cl2N3O4S/c21-14-10-15(22)12-16(11-14)25-19(26)13-18(20(25)27)23-6-8-24(9-7-23)30(28,29)17-4-2-1-3-5-17/h1-5,10-12,18H,6-9,13H2. The van der Waals surface area contributed by atoms with Crippen molar-refractivity contribution >= 4 is 50.7 Å². The summed E-state index contributed by atoms with van der Waals surface area (Å²) < 4.78 is 27.0. The second-order valence-corrected chi connectivity index (χ2v) is 9.98. The van der Waals surface area contributed by atoms with Gasteiger partial charge < -0.3 is 0 Å². The molecule has 10 heteroatoms. The van der Waals surface area contributed by atoms with Crippen LogP contribution in [0.1, 0.15) is 6.42 Å². The second-order valence-electron chi connectivity index (χ2n) is 7.17. The zero-order valence-electron chi connectivity index (χ0n) is 15.9. The molecule has 2 aliphatic heterocycles. The van der Waals surface area contributed by atoms with Crippen LogP contribution in [0, 0.1) is 0 Å². The summed E-state index contributed by atoms with van der Waals surface area (Å²) >= 11 is 12.0. The first-order valence-electron chi connectivity index (χ1n) is 9.39. The van der Waals surface area contributed by atoms with Crippen LogP contribution < -0.4 is 4.90 Å². The Morgan fingerprint density at radius 3 is 2.07 bits per heavy atom. The molecule has 0 saturated carbocycles. The minimum absolute atomic E-state index is 0.0361. The van der Waals surface area contributed by atoms with Crippen LogP contribution in [-0.4, -0.2) is 61.7 Å². The molecule has 2 aromatic rings. The van der Waals surface area contributed by atoms with Gasteiger partial charge in [0.25, 0.3) is 5.91 Å². The molecular formula is C20H19Cl2N3O4S. The lowest BCUT2D eigenvalue weighted by Gasteiger charge is -2.36. The van der Waals surface area contributed by atoms with E-state index in [9.17, 15) is 18.0 Å². The van der Waals surface area contributed by atoms with Gasteiger partial charge in [0.2, 0.25) is 15.9 Å². The third-order valence-corrected chi connectivity index (χ3v) is 7.67. The number of halogens is 2. The van der Waals surface area contributed by atoms with Gasteiger partial charge in [-0.25, -0.2) is 13.3 Å². The number of nitrogens with zero attached hydrogens (tertiary/aromatic N) is 3. The van der Waals surface area contributed by atoms with Crippen LogP contribution in [0.2, 0.25) is 10.0 Å². The van der Waals surface area contributed by atoms with E-state index < -0.39 is 16.1 Å². The molecule has 2 saturated heterocycles. The lowest BCUT2D eigenvalue weighted by atomic mass is 10.2. The molecule has 0 aliphatic carbocycles. The van der Waals surface area contributed by atoms with Gasteiger partial charge in [-0.1, -0.05) is 41.4 Å². The van der Waals surface area contributed by atoms with E-state index in [-0.39, 0.29) is 36.2 Å². The molecule has 0 radical (unpaired) electrons. The number of piperazine rings is 1. The first-order valence-corrected chi connectivity index (χ1v) is 11.6. The highest BCUT2D eigenvalue weighted by Crippen LogP contribution is 2.31. The minimum atomic E-state index is -3.58. The molecule has 0 bridgehead atoms. The van der Waals surface area contributed by atoms with Gasteiger partial charge in [0.15, 0.2) is 0 Å². The first kappa shape index (κ1) is 21.3. The lowest BCUT2D eigenvalue weighted by molar-refractivity contribution is -0.123. The number of hydrogen-bond acceptors (Lipinski definition) is 5. The monoisotopic (exact) mass is 467 g/mol. The smallest absolute Gasteiger partial charge is 0.251 e. The van der Waals surface area contributed by atoms with Gasteiger partial charge in [0.05, 0.1) is 23.0 Å². The maximum absolute atomic E-state index is 13.0. The summed E-state index contributed by atoms with van der Waals surface area (Å²) in [6, 6.07) is 12.2. The number of sulfonamides is 1. The summed E-state index contributed by atoms with van der Waals surface area (Å²) in [5.41, 5.74) is 0.343. The van der Waals surface area contributed by atoms with Crippen molar-refractivity contribution in [3.8, 4) is 0 Å². The Morgan fingerprint density at radius 2 is 1.47 bits per heavy atom. The summed E-state index contributed by atoms with van der Waals surface area (Å²) in [4.78, 5) is 28.8. The molecule has 2 amide bonds. The van der Waals surface area contributed by atoms with E-state index in [2.05, 4.69) is 0 Å². The number of imide groups is 1. The molecule has 1 atom stereocenters. The van der Waals surface area contributed by atoms with Crippen LogP contribution >= 0.6 is 23.2 Å². The molecule has 2 fully saturated rings. The van der Waals surface area contributed by atoms with E-state index in [1.807, 2.05) is 4.90 Å². The molecule has 1 unspecified atom stereocenters. The van der Waals surface area contributed by atoms with Crippen LogP contribution in [-0.2, 0) is 19.6 Å². The van der Waals surface area contributed by atoms with Gasteiger partial charge in [-0.2, -0.15) is 4.31 Å². The van der Waals surface area contributed by atoms with Gasteiger partial charge in [-0.05, 0) is 30.3 Å². The van der Waals surface area contributed by atoms with Gasteiger partial charge in [-0.15, -0.1) is 0 Å². The zero-order chi connectivity index (χ0) is 21.5. The molecular weight excluding hydrogens is 449 g/mol. The average Bonchev–Trinajstić information content (AvgIpc) is 3.02. The molecule has 158 valence electrons. The van der Waals surface area contributed by atoms with Gasteiger partial charge >= 0.3 is 0 Å². The van der Waals surface area contributed by atoms with Crippen molar-refractivity contribution in [3.63, 3.8) is 0 Å². The van der Waals surface area contributed by atoms with E-state index in [1.165, 1.54) is 22.5 Å². The lowest BCUT2D eigenvalue weighted by Crippen LogP contribution is -2.53. The third-order valence-electron chi connectivity index (χ3n) is 5.32. The molecule has 4 rings (SSSR count). The maximum Gasteiger partial charge on any atom is 0.251 e. The molecule has 7 nitrogen and oxygen atoms in total. The molecule has 2 aromatic carbocycles. The Hall–Kier alpha value is -1.97. The fraction of sp³-hybridized carbons (Fsp3) is 0.300. The fourth-order valence-corrected chi connectivity index (χ4v) is 5.80. The number of hydrogen-bond donors (Lipinski definition) is 0. The minimum Gasteiger partial charge on any atom is -0.289 e. The highest BCUT2D eigenvalue weighted by molar-refractivity contribution is 7.89. The first-order chi connectivity index (χ1) is 14.3. The molecule has 0 aromatic heterocycles. The quantitative estimate of drug-likeness (QED) is 0.645. The number of benzene rings is 2. The number of rotatable bonds is 4. The number of amides is 2. The number of carbonyl (C=O) groups is 2. The van der Waals surface area contributed by atoms with Crippen molar-refractivity contribution in [3.05, 3.63) is 58.6 Å².